The second-order valence-electron chi connectivity index (χ2n) is 7.78. The van der Waals surface area contributed by atoms with Crippen LogP contribution in [0.1, 0.15) is 22.3 Å². The summed E-state index contributed by atoms with van der Waals surface area (Å²) >= 11 is 0.247. The minimum Gasteiger partial charge on any atom is -0.399 e. The third-order valence-electron chi connectivity index (χ3n) is 5.13. The maximum atomic E-state index is 13.9. The van der Waals surface area contributed by atoms with E-state index in [4.69, 9.17) is 16.7 Å². The lowest BCUT2D eigenvalue weighted by molar-refractivity contribution is -0.349. The van der Waals surface area contributed by atoms with Gasteiger partial charge in [0.25, 0.3) is 0 Å². The van der Waals surface area contributed by atoms with E-state index in [1.54, 1.807) is 0 Å². The molecule has 18 heteroatoms. The predicted octanol–water partition coefficient (Wildman–Crippen LogP) is 8.31. The Morgan fingerprint density at radius 3 is 1.36 bits per heavy atom. The number of thioether (sulfide) groups is 1. The van der Waals surface area contributed by atoms with Crippen LogP contribution in [0.15, 0.2) is 35.2 Å². The summed E-state index contributed by atoms with van der Waals surface area (Å²) in [7, 11) is 0. The molecule has 2 aromatic carbocycles. The van der Waals surface area contributed by atoms with Crippen molar-refractivity contribution in [3.05, 3.63) is 52.6 Å². The molecule has 0 fully saturated rings. The van der Waals surface area contributed by atoms with Crippen LogP contribution < -0.4 is 11.5 Å². The van der Waals surface area contributed by atoms with Gasteiger partial charge in [0.1, 0.15) is 5.40 Å². The van der Waals surface area contributed by atoms with Crippen molar-refractivity contribution in [2.24, 2.45) is 0 Å². The topological polar surface area (TPSA) is 75.8 Å². The van der Waals surface area contributed by atoms with Crippen LogP contribution in [0.2, 0.25) is 0 Å². The Labute approximate surface area is 214 Å². The number of nitrogens with zero attached hydrogens (tertiary/aromatic N) is 1. The summed E-state index contributed by atoms with van der Waals surface area (Å²) in [5.41, 5.74) is -3.90. The van der Waals surface area contributed by atoms with Gasteiger partial charge < -0.3 is 11.5 Å². The van der Waals surface area contributed by atoms with Crippen molar-refractivity contribution in [3.63, 3.8) is 0 Å². The minimum absolute atomic E-state index is 0.0227. The van der Waals surface area contributed by atoms with Gasteiger partial charge in [-0.25, -0.2) is 8.78 Å². The van der Waals surface area contributed by atoms with Crippen LogP contribution in [-0.4, -0.2) is 24.7 Å². The predicted molar refractivity (Wildman–Crippen MR) is 112 cm³/mol. The second kappa shape index (κ2) is 10.8. The maximum Gasteiger partial charge on any atom is 0.435 e. The minimum atomic E-state index is -6.21. The van der Waals surface area contributed by atoms with Crippen molar-refractivity contribution in [3.8, 4) is 5.40 Å². The van der Waals surface area contributed by atoms with Gasteiger partial charge in [-0.2, -0.15) is 57.9 Å². The van der Waals surface area contributed by atoms with Gasteiger partial charge in [-0.15, -0.1) is 0 Å². The summed E-state index contributed by atoms with van der Waals surface area (Å²) in [6.07, 6.45) is -24.6. The Bertz CT molecular complexity index is 1200. The maximum absolute atomic E-state index is 13.9. The number of nitrogens with two attached hydrogens (primary N) is 2. The van der Waals surface area contributed by atoms with Crippen LogP contribution >= 0.6 is 11.8 Å². The summed E-state index contributed by atoms with van der Waals surface area (Å²) in [6.45, 7) is 2.30. The molecule has 0 radical (unpaired) electrons. The first-order chi connectivity index (χ1) is 17.3. The molecule has 0 atom stereocenters. The normalized spacial score (nSPS) is 13.4. The number of benzene rings is 2. The molecule has 0 spiro atoms. The SMILES string of the molecule is Cc1cc(C(F)(C(F)(F)F)C(F)(F)F)cc(SC#N)c1N.Cc1cc(C(F)(C(F)(F)F)C(F)(F)F)ccc1N. The molecule has 2 aromatic rings. The molecule has 4 N–H and O–H groups in total. The number of anilines is 2. The fraction of sp³-hybridized carbons (Fsp3) is 0.381. The fourth-order valence-corrected chi connectivity index (χ4v) is 3.52. The molecule has 0 heterocycles. The van der Waals surface area contributed by atoms with Crippen LogP contribution in [0, 0.1) is 24.5 Å². The van der Waals surface area contributed by atoms with Gasteiger partial charge in [0.15, 0.2) is 0 Å². The third kappa shape index (κ3) is 6.39. The number of nitrogen functional groups attached to an aromatic ring is 2. The number of hydrogen-bond acceptors (Lipinski definition) is 4. The largest absolute Gasteiger partial charge is 0.435 e. The lowest BCUT2D eigenvalue weighted by Crippen LogP contribution is -2.50. The molecular weight excluding hydrogens is 592 g/mol. The molecule has 3 nitrogen and oxygen atoms in total. The van der Waals surface area contributed by atoms with Gasteiger partial charge in [0.05, 0.1) is 0 Å². The molecule has 2 rings (SSSR count). The summed E-state index contributed by atoms with van der Waals surface area (Å²) in [4.78, 5) is -0.372. The van der Waals surface area contributed by atoms with E-state index in [0.717, 1.165) is 13.0 Å². The second-order valence-corrected chi connectivity index (χ2v) is 8.60. The lowest BCUT2D eigenvalue weighted by Gasteiger charge is -2.31. The van der Waals surface area contributed by atoms with Crippen molar-refractivity contribution >= 4 is 23.1 Å². The number of rotatable bonds is 3. The molecule has 0 aliphatic rings. The van der Waals surface area contributed by atoms with Gasteiger partial charge in [-0.1, -0.05) is 18.2 Å². The van der Waals surface area contributed by atoms with Gasteiger partial charge in [-0.3, -0.25) is 0 Å². The Morgan fingerprint density at radius 1 is 0.615 bits per heavy atom. The Balaban J connectivity index is 0.000000395. The quantitative estimate of drug-likeness (QED) is 0.159. The lowest BCUT2D eigenvalue weighted by atomic mass is 9.92. The van der Waals surface area contributed by atoms with Crippen LogP contribution in [0.4, 0.5) is 72.8 Å². The Hall–Kier alpha value is -3.10. The van der Waals surface area contributed by atoms with Crippen molar-refractivity contribution in [2.75, 3.05) is 11.5 Å². The van der Waals surface area contributed by atoms with Gasteiger partial charge in [-0.05, 0) is 48.9 Å². The first-order valence-corrected chi connectivity index (χ1v) is 10.6. The fourth-order valence-electron chi connectivity index (χ4n) is 2.96. The number of hydrogen-bond donors (Lipinski definition) is 2. The zero-order valence-corrected chi connectivity index (χ0v) is 20.0. The molecule has 0 aliphatic carbocycles. The number of thiocyanates is 1. The Morgan fingerprint density at radius 2 is 1.00 bits per heavy atom. The number of nitriles is 1. The molecule has 0 bridgehead atoms. The van der Waals surface area contributed by atoms with E-state index in [0.29, 0.717) is 18.2 Å². The number of alkyl halides is 14. The first-order valence-electron chi connectivity index (χ1n) is 9.75. The van der Waals surface area contributed by atoms with Gasteiger partial charge in [0, 0.05) is 27.4 Å². The summed E-state index contributed by atoms with van der Waals surface area (Å²) in [5.74, 6) is 0. The number of halogens is 14. The molecule has 39 heavy (non-hydrogen) atoms. The van der Waals surface area contributed by atoms with E-state index in [9.17, 15) is 61.5 Å². The Kier molecular flexibility index (Phi) is 9.41. The molecule has 0 aliphatic heterocycles. The van der Waals surface area contributed by atoms with E-state index in [1.807, 2.05) is 0 Å². The van der Waals surface area contributed by atoms with E-state index < -0.39 is 47.2 Å². The zero-order chi connectivity index (χ0) is 31.0. The summed E-state index contributed by atoms with van der Waals surface area (Å²) in [6, 6.07) is 2.28. The zero-order valence-electron chi connectivity index (χ0n) is 19.2. The average molecular weight is 607 g/mol. The third-order valence-corrected chi connectivity index (χ3v) is 5.78. The van der Waals surface area contributed by atoms with Crippen LogP contribution in [0.25, 0.3) is 0 Å². The molecule has 0 aromatic heterocycles. The first kappa shape index (κ1) is 33.9. The standard InChI is InChI=1S/C11H7F7N2S.C10H8F7N/c1-5-2-6(3-7(8(5)20)21-4-19)9(12,10(13,14)15)11(16,17)18;1-5-4-6(2-3-7(5)18)8(11,9(12,13)14)10(15,16)17/h2-3H,20H2,1H3;2-4H,18H2,1H3. The van der Waals surface area contributed by atoms with Crippen molar-refractivity contribution < 1.29 is 61.5 Å². The van der Waals surface area contributed by atoms with E-state index in [2.05, 4.69) is 0 Å². The average Bonchev–Trinajstić information content (AvgIpc) is 2.75. The summed E-state index contributed by atoms with van der Waals surface area (Å²) in [5, 5.41) is 9.93. The highest BCUT2D eigenvalue weighted by molar-refractivity contribution is 8.03. The molecule has 218 valence electrons. The van der Waals surface area contributed by atoms with E-state index in [1.165, 1.54) is 12.3 Å². The summed E-state index contributed by atoms with van der Waals surface area (Å²) < 4.78 is 178. The monoisotopic (exact) mass is 607 g/mol. The van der Waals surface area contributed by atoms with Crippen LogP contribution in [-0.2, 0) is 11.3 Å². The van der Waals surface area contributed by atoms with Gasteiger partial charge >= 0.3 is 36.0 Å². The van der Waals surface area contributed by atoms with E-state index >= 15 is 0 Å². The van der Waals surface area contributed by atoms with E-state index in [-0.39, 0.29) is 45.2 Å². The van der Waals surface area contributed by atoms with Crippen LogP contribution in [0.5, 0.6) is 0 Å². The molecule has 0 unspecified atom stereocenters. The highest BCUT2D eigenvalue weighted by Gasteiger charge is 2.74. The number of aryl methyl sites for hydroxylation is 2. The molecular formula is C21H15F14N3S. The highest BCUT2D eigenvalue weighted by atomic mass is 32.2. The van der Waals surface area contributed by atoms with Crippen molar-refractivity contribution in [1.82, 2.24) is 0 Å². The highest BCUT2D eigenvalue weighted by Crippen LogP contribution is 2.55. The molecule has 0 saturated carbocycles. The van der Waals surface area contributed by atoms with Crippen molar-refractivity contribution in [1.29, 1.82) is 5.26 Å². The molecule has 0 amide bonds. The molecule has 0 saturated heterocycles. The smallest absolute Gasteiger partial charge is 0.399 e. The van der Waals surface area contributed by atoms with Crippen molar-refractivity contribution in [2.45, 2.75) is 54.8 Å². The van der Waals surface area contributed by atoms with Gasteiger partial charge in [0.2, 0.25) is 0 Å². The van der Waals surface area contributed by atoms with Crippen LogP contribution in [0.3, 0.4) is 0 Å².